The lowest BCUT2D eigenvalue weighted by Gasteiger charge is -2.12. The van der Waals surface area contributed by atoms with Crippen LogP contribution in [0.3, 0.4) is 0 Å². The van der Waals surface area contributed by atoms with E-state index in [1.54, 1.807) is 37.8 Å². The summed E-state index contributed by atoms with van der Waals surface area (Å²) < 4.78 is 12.6. The highest BCUT2D eigenvalue weighted by Gasteiger charge is 2.07. The van der Waals surface area contributed by atoms with E-state index in [0.29, 0.717) is 36.9 Å². The van der Waals surface area contributed by atoms with Gasteiger partial charge in [0.25, 0.3) is 0 Å². The third kappa shape index (κ3) is 4.41. The van der Waals surface area contributed by atoms with Crippen molar-refractivity contribution in [2.75, 3.05) is 25.6 Å². The Morgan fingerprint density at radius 2 is 2.23 bits per heavy atom. The monoisotopic (exact) mass is 304 g/mol. The molecule has 0 aliphatic carbocycles. The van der Waals surface area contributed by atoms with Crippen molar-refractivity contribution in [1.29, 1.82) is 0 Å². The predicted octanol–water partition coefficient (Wildman–Crippen LogP) is 2.11. The van der Waals surface area contributed by atoms with Crippen molar-refractivity contribution in [2.45, 2.75) is 13.5 Å². The molecule has 0 fully saturated rings. The fourth-order valence-corrected chi connectivity index (χ4v) is 1.92. The number of imidazole rings is 1. The molecule has 1 heterocycles. The topological polar surface area (TPSA) is 77.4 Å². The fourth-order valence-electron chi connectivity index (χ4n) is 1.92. The zero-order chi connectivity index (χ0) is 15.8. The number of hydrogen-bond acceptors (Lipinski definition) is 4. The molecule has 0 aliphatic heterocycles. The molecule has 0 bridgehead atoms. The second-order valence-electron chi connectivity index (χ2n) is 4.48. The SMILES string of the molecule is CCOc1cc(NC(=O)NCCn2ccnc2)ccc1OC. The van der Waals surface area contributed by atoms with Crippen LogP contribution in [0.4, 0.5) is 10.5 Å². The van der Waals surface area contributed by atoms with Gasteiger partial charge in [-0.25, -0.2) is 9.78 Å². The molecule has 22 heavy (non-hydrogen) atoms. The molecule has 2 rings (SSSR count). The fraction of sp³-hybridized carbons (Fsp3) is 0.333. The summed E-state index contributed by atoms with van der Waals surface area (Å²) in [6, 6.07) is 4.98. The molecule has 2 amide bonds. The second kappa shape index (κ2) is 7.92. The van der Waals surface area contributed by atoms with Crippen LogP contribution in [-0.2, 0) is 6.54 Å². The number of nitrogens with zero attached hydrogens (tertiary/aromatic N) is 2. The smallest absolute Gasteiger partial charge is 0.319 e. The maximum absolute atomic E-state index is 11.8. The second-order valence-corrected chi connectivity index (χ2v) is 4.48. The zero-order valence-corrected chi connectivity index (χ0v) is 12.7. The molecular formula is C15H20N4O3. The standard InChI is InChI=1S/C15H20N4O3/c1-3-22-14-10-12(4-5-13(14)21-2)18-15(20)17-7-9-19-8-6-16-11-19/h4-6,8,10-11H,3,7,9H2,1-2H3,(H2,17,18,20). The Balaban J connectivity index is 1.86. The number of ether oxygens (including phenoxy) is 2. The molecule has 7 heteroatoms. The number of anilines is 1. The Labute approximate surface area is 129 Å². The summed E-state index contributed by atoms with van der Waals surface area (Å²) in [7, 11) is 1.58. The summed E-state index contributed by atoms with van der Waals surface area (Å²) in [6.07, 6.45) is 5.25. The molecule has 0 saturated heterocycles. The van der Waals surface area contributed by atoms with Gasteiger partial charge >= 0.3 is 6.03 Å². The number of urea groups is 1. The van der Waals surface area contributed by atoms with E-state index in [2.05, 4.69) is 15.6 Å². The molecule has 7 nitrogen and oxygen atoms in total. The van der Waals surface area contributed by atoms with E-state index >= 15 is 0 Å². The van der Waals surface area contributed by atoms with E-state index in [1.165, 1.54) is 0 Å². The zero-order valence-electron chi connectivity index (χ0n) is 12.7. The third-order valence-corrected chi connectivity index (χ3v) is 2.94. The van der Waals surface area contributed by atoms with Gasteiger partial charge in [0.1, 0.15) is 0 Å². The summed E-state index contributed by atoms with van der Waals surface area (Å²) in [6.45, 7) is 3.59. The summed E-state index contributed by atoms with van der Waals surface area (Å²) in [5, 5.41) is 5.54. The first-order valence-corrected chi connectivity index (χ1v) is 7.04. The van der Waals surface area contributed by atoms with Crippen LogP contribution in [-0.4, -0.2) is 35.8 Å². The maximum Gasteiger partial charge on any atom is 0.319 e. The number of carbonyl (C=O) groups is 1. The number of methoxy groups -OCH3 is 1. The highest BCUT2D eigenvalue weighted by molar-refractivity contribution is 5.89. The Kier molecular flexibility index (Phi) is 5.65. The van der Waals surface area contributed by atoms with E-state index in [9.17, 15) is 4.79 Å². The molecule has 0 spiro atoms. The van der Waals surface area contributed by atoms with E-state index in [0.717, 1.165) is 0 Å². The lowest BCUT2D eigenvalue weighted by molar-refractivity contribution is 0.251. The number of nitrogens with one attached hydrogen (secondary N) is 2. The Morgan fingerprint density at radius 1 is 1.36 bits per heavy atom. The number of rotatable bonds is 7. The number of benzene rings is 1. The number of hydrogen-bond donors (Lipinski definition) is 2. The minimum atomic E-state index is -0.271. The average molecular weight is 304 g/mol. The molecule has 0 radical (unpaired) electrons. The number of carbonyl (C=O) groups excluding carboxylic acids is 1. The first-order valence-electron chi connectivity index (χ1n) is 7.04. The molecule has 1 aromatic carbocycles. The van der Waals surface area contributed by atoms with Gasteiger partial charge in [0.2, 0.25) is 0 Å². The van der Waals surface area contributed by atoms with Gasteiger partial charge in [-0.2, -0.15) is 0 Å². The lowest BCUT2D eigenvalue weighted by Crippen LogP contribution is -2.31. The Hall–Kier alpha value is -2.70. The largest absolute Gasteiger partial charge is 0.493 e. The molecule has 2 aromatic rings. The highest BCUT2D eigenvalue weighted by atomic mass is 16.5. The Bertz CT molecular complexity index is 599. The van der Waals surface area contributed by atoms with Gasteiger partial charge in [0, 0.05) is 37.2 Å². The summed E-state index contributed by atoms with van der Waals surface area (Å²) in [5.41, 5.74) is 0.643. The van der Waals surface area contributed by atoms with Gasteiger partial charge in [0.15, 0.2) is 11.5 Å². The molecule has 0 aliphatic rings. The maximum atomic E-state index is 11.8. The average Bonchev–Trinajstić information content (AvgIpc) is 3.01. The molecule has 0 saturated carbocycles. The summed E-state index contributed by atoms with van der Waals surface area (Å²) >= 11 is 0. The van der Waals surface area contributed by atoms with Crippen molar-refractivity contribution < 1.29 is 14.3 Å². The summed E-state index contributed by atoms with van der Waals surface area (Å²) in [4.78, 5) is 15.8. The van der Waals surface area contributed by atoms with Crippen LogP contribution in [0.1, 0.15) is 6.92 Å². The van der Waals surface area contributed by atoms with E-state index in [4.69, 9.17) is 9.47 Å². The quantitative estimate of drug-likeness (QED) is 0.821. The van der Waals surface area contributed by atoms with Crippen LogP contribution in [0.5, 0.6) is 11.5 Å². The van der Waals surface area contributed by atoms with Gasteiger partial charge in [-0.1, -0.05) is 0 Å². The van der Waals surface area contributed by atoms with Crippen LogP contribution in [0, 0.1) is 0 Å². The van der Waals surface area contributed by atoms with Crippen LogP contribution in [0.2, 0.25) is 0 Å². The van der Waals surface area contributed by atoms with Gasteiger partial charge < -0.3 is 24.7 Å². The predicted molar refractivity (Wildman–Crippen MR) is 83.4 cm³/mol. The van der Waals surface area contributed by atoms with Crippen molar-refractivity contribution in [3.8, 4) is 11.5 Å². The van der Waals surface area contributed by atoms with Crippen molar-refractivity contribution in [1.82, 2.24) is 14.9 Å². The molecule has 0 unspecified atom stereocenters. The van der Waals surface area contributed by atoms with Crippen LogP contribution in [0.15, 0.2) is 36.9 Å². The van der Waals surface area contributed by atoms with E-state index < -0.39 is 0 Å². The van der Waals surface area contributed by atoms with Gasteiger partial charge in [-0.15, -0.1) is 0 Å². The first kappa shape index (κ1) is 15.7. The normalized spacial score (nSPS) is 10.1. The van der Waals surface area contributed by atoms with Crippen molar-refractivity contribution in [3.63, 3.8) is 0 Å². The molecule has 118 valence electrons. The minimum Gasteiger partial charge on any atom is -0.493 e. The minimum absolute atomic E-state index is 0.271. The van der Waals surface area contributed by atoms with E-state index in [1.807, 2.05) is 17.7 Å². The van der Waals surface area contributed by atoms with Gasteiger partial charge in [0.05, 0.1) is 20.0 Å². The van der Waals surface area contributed by atoms with Crippen molar-refractivity contribution in [3.05, 3.63) is 36.9 Å². The van der Waals surface area contributed by atoms with E-state index in [-0.39, 0.29) is 6.03 Å². The van der Waals surface area contributed by atoms with Crippen molar-refractivity contribution >= 4 is 11.7 Å². The van der Waals surface area contributed by atoms with Crippen molar-refractivity contribution in [2.24, 2.45) is 0 Å². The first-order chi connectivity index (χ1) is 10.7. The van der Waals surface area contributed by atoms with Gasteiger partial charge in [-0.05, 0) is 19.1 Å². The summed E-state index contributed by atoms with van der Waals surface area (Å²) in [5.74, 6) is 1.23. The van der Waals surface area contributed by atoms with Crippen LogP contribution >= 0.6 is 0 Å². The lowest BCUT2D eigenvalue weighted by atomic mass is 10.2. The van der Waals surface area contributed by atoms with Crippen LogP contribution in [0.25, 0.3) is 0 Å². The Morgan fingerprint density at radius 3 is 2.91 bits per heavy atom. The number of aromatic nitrogens is 2. The molecular weight excluding hydrogens is 284 g/mol. The number of amides is 2. The molecule has 1 aromatic heterocycles. The van der Waals surface area contributed by atoms with Crippen LogP contribution < -0.4 is 20.1 Å². The molecule has 2 N–H and O–H groups in total. The van der Waals surface area contributed by atoms with Gasteiger partial charge in [-0.3, -0.25) is 0 Å². The highest BCUT2D eigenvalue weighted by Crippen LogP contribution is 2.30. The molecule has 0 atom stereocenters. The third-order valence-electron chi connectivity index (χ3n) is 2.94.